The van der Waals surface area contributed by atoms with E-state index in [1.54, 1.807) is 6.92 Å². The van der Waals surface area contributed by atoms with Crippen LogP contribution in [0.1, 0.15) is 72.1 Å². The van der Waals surface area contributed by atoms with E-state index in [4.69, 9.17) is 0 Å². The fraction of sp³-hybridized carbons (Fsp3) is 0.857. The molecule has 24 heavy (non-hydrogen) atoms. The van der Waals surface area contributed by atoms with Crippen molar-refractivity contribution in [3.63, 3.8) is 0 Å². The summed E-state index contributed by atoms with van der Waals surface area (Å²) in [5.74, 6) is 2.54. The molecule has 0 aliphatic heterocycles. The standard InChI is InChI=1S/C21H30O3/c1-12(22)17-11-18(24)19-15-5-4-13-10-14(23)6-8-20(13,2)16(15)7-9-21(17,19)3/h13,15-17,19H,4-11H2,1-3H3/t13-,15+,16-,17+,19+,20-,21+/m0/s1. The number of ketones is 3. The van der Waals surface area contributed by atoms with Crippen molar-refractivity contribution in [2.24, 2.45) is 40.4 Å². The first-order valence-electron chi connectivity index (χ1n) is 9.82. The zero-order chi connectivity index (χ0) is 17.3. The highest BCUT2D eigenvalue weighted by Gasteiger charge is 2.63. The van der Waals surface area contributed by atoms with Gasteiger partial charge in [0, 0.05) is 31.1 Å². The lowest BCUT2D eigenvalue weighted by molar-refractivity contribution is -0.149. The average Bonchev–Trinajstić information content (AvgIpc) is 2.80. The van der Waals surface area contributed by atoms with Crippen LogP contribution in [-0.4, -0.2) is 17.3 Å². The predicted octanol–water partition coefficient (Wildman–Crippen LogP) is 3.98. The first kappa shape index (κ1) is 16.5. The van der Waals surface area contributed by atoms with Gasteiger partial charge in [-0.3, -0.25) is 14.4 Å². The third-order valence-corrected chi connectivity index (χ3v) is 8.73. The van der Waals surface area contributed by atoms with E-state index in [0.29, 0.717) is 35.7 Å². The summed E-state index contributed by atoms with van der Waals surface area (Å²) < 4.78 is 0. The van der Waals surface area contributed by atoms with Crippen molar-refractivity contribution >= 4 is 17.3 Å². The van der Waals surface area contributed by atoms with Crippen LogP contribution in [0.3, 0.4) is 0 Å². The molecule has 0 unspecified atom stereocenters. The molecule has 0 heterocycles. The van der Waals surface area contributed by atoms with Crippen molar-refractivity contribution in [1.82, 2.24) is 0 Å². The lowest BCUT2D eigenvalue weighted by atomic mass is 9.44. The van der Waals surface area contributed by atoms with Crippen molar-refractivity contribution in [3.05, 3.63) is 0 Å². The van der Waals surface area contributed by atoms with Gasteiger partial charge in [0.25, 0.3) is 0 Å². The van der Waals surface area contributed by atoms with Crippen molar-refractivity contribution in [2.75, 3.05) is 0 Å². The Morgan fingerprint density at radius 2 is 1.75 bits per heavy atom. The summed E-state index contributed by atoms with van der Waals surface area (Å²) in [6.45, 7) is 6.28. The summed E-state index contributed by atoms with van der Waals surface area (Å²) >= 11 is 0. The number of fused-ring (bicyclic) bond motifs is 5. The number of hydrogen-bond donors (Lipinski definition) is 0. The summed E-state index contributed by atoms with van der Waals surface area (Å²) in [5.41, 5.74) is 0.116. The Bertz CT molecular complexity index is 608. The summed E-state index contributed by atoms with van der Waals surface area (Å²) in [4.78, 5) is 37.0. The molecule has 0 N–H and O–H groups in total. The average molecular weight is 330 g/mol. The summed E-state index contributed by atoms with van der Waals surface area (Å²) in [6, 6.07) is 0. The zero-order valence-corrected chi connectivity index (χ0v) is 15.3. The Morgan fingerprint density at radius 1 is 1.00 bits per heavy atom. The fourth-order valence-corrected chi connectivity index (χ4v) is 7.45. The largest absolute Gasteiger partial charge is 0.300 e. The zero-order valence-electron chi connectivity index (χ0n) is 15.3. The molecule has 0 aromatic carbocycles. The Morgan fingerprint density at radius 3 is 2.46 bits per heavy atom. The Hall–Kier alpha value is -0.990. The molecule has 4 saturated carbocycles. The van der Waals surface area contributed by atoms with Gasteiger partial charge in [0.15, 0.2) is 0 Å². The van der Waals surface area contributed by atoms with Gasteiger partial charge < -0.3 is 0 Å². The third-order valence-electron chi connectivity index (χ3n) is 8.73. The maximum absolute atomic E-state index is 12.9. The monoisotopic (exact) mass is 330 g/mol. The van der Waals surface area contributed by atoms with Gasteiger partial charge in [-0.15, -0.1) is 0 Å². The molecule has 0 radical (unpaired) electrons. The molecular weight excluding hydrogens is 300 g/mol. The Kier molecular flexibility index (Phi) is 3.61. The second-order valence-electron chi connectivity index (χ2n) is 9.65. The van der Waals surface area contributed by atoms with Gasteiger partial charge in [-0.2, -0.15) is 0 Å². The number of rotatable bonds is 1. The molecule has 0 aromatic heterocycles. The van der Waals surface area contributed by atoms with Crippen LogP contribution in [0.25, 0.3) is 0 Å². The second kappa shape index (κ2) is 5.25. The van der Waals surface area contributed by atoms with Crippen LogP contribution in [0.4, 0.5) is 0 Å². The molecule has 4 fully saturated rings. The lowest BCUT2D eigenvalue weighted by Gasteiger charge is -2.59. The minimum absolute atomic E-state index is 0.0607. The maximum Gasteiger partial charge on any atom is 0.137 e. The number of Topliss-reactive ketones (excluding diaryl/α,β-unsaturated/α-hetero) is 3. The van der Waals surface area contributed by atoms with E-state index in [-0.39, 0.29) is 28.4 Å². The van der Waals surface area contributed by atoms with Crippen LogP contribution in [0.15, 0.2) is 0 Å². The minimum atomic E-state index is -0.113. The second-order valence-corrected chi connectivity index (χ2v) is 9.65. The van der Waals surface area contributed by atoms with E-state index in [1.165, 1.54) is 0 Å². The normalized spacial score (nSPS) is 50.9. The molecule has 0 amide bonds. The number of carbonyl (C=O) groups excluding carboxylic acids is 3. The molecule has 0 aromatic rings. The summed E-state index contributed by atoms with van der Waals surface area (Å²) in [6.07, 6.45) is 7.27. The maximum atomic E-state index is 12.9. The van der Waals surface area contributed by atoms with Crippen molar-refractivity contribution in [1.29, 1.82) is 0 Å². The number of carbonyl (C=O) groups is 3. The SMILES string of the molecule is CC(=O)[C@H]1CC(=O)[C@H]2[C@@H]3CC[C@H]4CC(=O)CC[C@]4(C)[C@H]3CC[C@]12C. The van der Waals surface area contributed by atoms with Crippen LogP contribution < -0.4 is 0 Å². The van der Waals surface area contributed by atoms with E-state index in [2.05, 4.69) is 13.8 Å². The van der Waals surface area contributed by atoms with Crippen LogP contribution in [-0.2, 0) is 14.4 Å². The molecule has 0 saturated heterocycles. The lowest BCUT2D eigenvalue weighted by Crippen LogP contribution is -2.54. The molecule has 4 aliphatic rings. The van der Waals surface area contributed by atoms with Gasteiger partial charge in [-0.25, -0.2) is 0 Å². The fourth-order valence-electron chi connectivity index (χ4n) is 7.45. The van der Waals surface area contributed by atoms with Crippen LogP contribution in [0.2, 0.25) is 0 Å². The molecule has 3 heteroatoms. The molecule has 0 spiro atoms. The van der Waals surface area contributed by atoms with Gasteiger partial charge in [-0.1, -0.05) is 13.8 Å². The minimum Gasteiger partial charge on any atom is -0.300 e. The van der Waals surface area contributed by atoms with E-state index in [1.807, 2.05) is 0 Å². The van der Waals surface area contributed by atoms with Crippen LogP contribution in [0, 0.1) is 40.4 Å². The molecular formula is C21H30O3. The van der Waals surface area contributed by atoms with Gasteiger partial charge >= 0.3 is 0 Å². The van der Waals surface area contributed by atoms with Gasteiger partial charge in [-0.05, 0) is 67.6 Å². The van der Waals surface area contributed by atoms with E-state index < -0.39 is 0 Å². The Balaban J connectivity index is 1.68. The molecule has 4 aliphatic carbocycles. The topological polar surface area (TPSA) is 51.2 Å². The van der Waals surface area contributed by atoms with Gasteiger partial charge in [0.05, 0.1) is 0 Å². The predicted molar refractivity (Wildman–Crippen MR) is 91.3 cm³/mol. The van der Waals surface area contributed by atoms with Crippen molar-refractivity contribution < 1.29 is 14.4 Å². The Labute approximate surface area is 144 Å². The van der Waals surface area contributed by atoms with E-state index >= 15 is 0 Å². The quantitative estimate of drug-likeness (QED) is 0.730. The first-order valence-corrected chi connectivity index (χ1v) is 9.82. The molecule has 4 rings (SSSR count). The third kappa shape index (κ3) is 2.05. The molecule has 0 bridgehead atoms. The van der Waals surface area contributed by atoms with Gasteiger partial charge in [0.2, 0.25) is 0 Å². The summed E-state index contributed by atoms with van der Waals surface area (Å²) in [7, 11) is 0. The van der Waals surface area contributed by atoms with Crippen LogP contribution in [0.5, 0.6) is 0 Å². The van der Waals surface area contributed by atoms with Gasteiger partial charge in [0.1, 0.15) is 17.3 Å². The van der Waals surface area contributed by atoms with E-state index in [9.17, 15) is 14.4 Å². The highest BCUT2D eigenvalue weighted by atomic mass is 16.1. The van der Waals surface area contributed by atoms with Crippen LogP contribution >= 0.6 is 0 Å². The van der Waals surface area contributed by atoms with E-state index in [0.717, 1.165) is 44.9 Å². The highest BCUT2D eigenvalue weighted by Crippen LogP contribution is 2.66. The number of hydrogen-bond acceptors (Lipinski definition) is 3. The molecule has 3 nitrogen and oxygen atoms in total. The van der Waals surface area contributed by atoms with Crippen molar-refractivity contribution in [3.8, 4) is 0 Å². The molecule has 7 atom stereocenters. The van der Waals surface area contributed by atoms with Crippen molar-refractivity contribution in [2.45, 2.75) is 72.1 Å². The summed E-state index contributed by atoms with van der Waals surface area (Å²) in [5, 5.41) is 0. The molecule has 132 valence electrons. The smallest absolute Gasteiger partial charge is 0.137 e. The first-order chi connectivity index (χ1) is 11.3. The highest BCUT2D eigenvalue weighted by molar-refractivity contribution is 5.93.